The van der Waals surface area contributed by atoms with Crippen molar-refractivity contribution in [1.29, 1.82) is 0 Å². The quantitative estimate of drug-likeness (QED) is 0.366. The van der Waals surface area contributed by atoms with Gasteiger partial charge in [-0.1, -0.05) is 37.3 Å². The molecular formula is C30H36N2O4S. The van der Waals surface area contributed by atoms with Crippen LogP contribution in [0.3, 0.4) is 0 Å². The maximum atomic E-state index is 13.0. The van der Waals surface area contributed by atoms with Crippen LogP contribution >= 0.6 is 0 Å². The molecule has 196 valence electrons. The van der Waals surface area contributed by atoms with Gasteiger partial charge in [-0.25, -0.2) is 8.42 Å². The number of sulfonamides is 1. The summed E-state index contributed by atoms with van der Waals surface area (Å²) in [5, 5.41) is 3.17. The van der Waals surface area contributed by atoms with Gasteiger partial charge in [0.05, 0.1) is 31.1 Å². The van der Waals surface area contributed by atoms with Crippen molar-refractivity contribution in [1.82, 2.24) is 5.32 Å². The molecular weight excluding hydrogens is 484 g/mol. The third-order valence-corrected chi connectivity index (χ3v) is 8.01. The van der Waals surface area contributed by atoms with Crippen LogP contribution in [0.1, 0.15) is 71.8 Å². The minimum atomic E-state index is -3.51. The van der Waals surface area contributed by atoms with Gasteiger partial charge in [0.25, 0.3) is 5.91 Å². The van der Waals surface area contributed by atoms with Gasteiger partial charge in [-0.05, 0) is 97.7 Å². The van der Waals surface area contributed by atoms with Crippen LogP contribution in [0.15, 0.2) is 66.7 Å². The second kappa shape index (κ2) is 11.8. The average molecular weight is 521 g/mol. The average Bonchev–Trinajstić information content (AvgIpc) is 2.90. The number of ether oxygens (including phenoxy) is 1. The molecule has 0 aromatic heterocycles. The van der Waals surface area contributed by atoms with Gasteiger partial charge in [0.1, 0.15) is 5.75 Å². The number of anilines is 1. The Kier molecular flexibility index (Phi) is 8.54. The van der Waals surface area contributed by atoms with E-state index in [0.29, 0.717) is 23.6 Å². The van der Waals surface area contributed by atoms with Crippen molar-refractivity contribution < 1.29 is 17.9 Å². The molecule has 0 saturated heterocycles. The van der Waals surface area contributed by atoms with Gasteiger partial charge >= 0.3 is 0 Å². The minimum Gasteiger partial charge on any atom is -0.494 e. The predicted octanol–water partition coefficient (Wildman–Crippen LogP) is 5.81. The Morgan fingerprint density at radius 1 is 0.946 bits per heavy atom. The number of nitrogens with one attached hydrogen (secondary N) is 1. The summed E-state index contributed by atoms with van der Waals surface area (Å²) in [6.45, 7) is 4.69. The van der Waals surface area contributed by atoms with E-state index in [4.69, 9.17) is 4.74 Å². The first-order valence-corrected chi connectivity index (χ1v) is 14.9. The molecule has 0 heterocycles. The van der Waals surface area contributed by atoms with Crippen LogP contribution in [0.5, 0.6) is 5.75 Å². The molecule has 0 aliphatic heterocycles. The molecule has 0 fully saturated rings. The first-order valence-electron chi connectivity index (χ1n) is 13.0. The highest BCUT2D eigenvalue weighted by atomic mass is 32.2. The zero-order valence-corrected chi connectivity index (χ0v) is 22.7. The third kappa shape index (κ3) is 6.72. The van der Waals surface area contributed by atoms with E-state index in [9.17, 15) is 13.2 Å². The normalized spacial score (nSPS) is 13.9. The Morgan fingerprint density at radius 3 is 2.24 bits per heavy atom. The van der Waals surface area contributed by atoms with Gasteiger partial charge in [0, 0.05) is 5.56 Å². The van der Waals surface area contributed by atoms with E-state index in [2.05, 4.69) is 30.4 Å². The van der Waals surface area contributed by atoms with Gasteiger partial charge in [0.2, 0.25) is 10.0 Å². The Balaban J connectivity index is 1.45. The maximum Gasteiger partial charge on any atom is 0.251 e. The van der Waals surface area contributed by atoms with Crippen molar-refractivity contribution >= 4 is 21.6 Å². The van der Waals surface area contributed by atoms with Gasteiger partial charge in [0.15, 0.2) is 0 Å². The van der Waals surface area contributed by atoms with Crippen molar-refractivity contribution in [2.45, 2.75) is 58.5 Å². The van der Waals surface area contributed by atoms with Crippen LogP contribution in [0.25, 0.3) is 0 Å². The summed E-state index contributed by atoms with van der Waals surface area (Å²) in [6, 6.07) is 20.7. The number of hydrogen-bond donors (Lipinski definition) is 1. The zero-order chi connectivity index (χ0) is 26.4. The largest absolute Gasteiger partial charge is 0.494 e. The van der Waals surface area contributed by atoms with E-state index in [0.717, 1.165) is 30.4 Å². The number of hydrogen-bond acceptors (Lipinski definition) is 4. The number of fused-ring (bicyclic) bond motifs is 1. The molecule has 0 bridgehead atoms. The molecule has 0 unspecified atom stereocenters. The smallest absolute Gasteiger partial charge is 0.251 e. The molecule has 0 saturated carbocycles. The second-order valence-electron chi connectivity index (χ2n) is 9.56. The topological polar surface area (TPSA) is 75.7 Å². The van der Waals surface area contributed by atoms with E-state index in [1.54, 1.807) is 36.4 Å². The highest BCUT2D eigenvalue weighted by Gasteiger charge is 2.20. The number of nitrogens with zero attached hydrogens (tertiary/aromatic N) is 1. The Morgan fingerprint density at radius 2 is 1.62 bits per heavy atom. The summed E-state index contributed by atoms with van der Waals surface area (Å²) in [4.78, 5) is 13.0. The monoisotopic (exact) mass is 520 g/mol. The van der Waals surface area contributed by atoms with E-state index in [1.807, 2.05) is 19.1 Å². The molecule has 3 aromatic carbocycles. The number of carbonyl (C=O) groups excluding carboxylic acids is 1. The fourth-order valence-electron chi connectivity index (χ4n) is 4.84. The number of carbonyl (C=O) groups is 1. The summed E-state index contributed by atoms with van der Waals surface area (Å²) < 4.78 is 31.9. The first-order chi connectivity index (χ1) is 17.8. The SMILES string of the molecule is CCOc1ccc(N(Cc2ccc(C(=O)N[C@H](CC)c3ccc4c(c3)CCCC4)cc2)S(C)(=O)=O)cc1. The van der Waals surface area contributed by atoms with E-state index >= 15 is 0 Å². The zero-order valence-electron chi connectivity index (χ0n) is 21.9. The highest BCUT2D eigenvalue weighted by Crippen LogP contribution is 2.27. The molecule has 0 spiro atoms. The van der Waals surface area contributed by atoms with Crippen molar-refractivity contribution in [3.8, 4) is 5.75 Å². The van der Waals surface area contributed by atoms with Crippen molar-refractivity contribution in [3.63, 3.8) is 0 Å². The van der Waals surface area contributed by atoms with Crippen LogP contribution in [0.2, 0.25) is 0 Å². The van der Waals surface area contributed by atoms with Crippen molar-refractivity contribution in [2.24, 2.45) is 0 Å². The molecule has 1 amide bonds. The maximum absolute atomic E-state index is 13.0. The highest BCUT2D eigenvalue weighted by molar-refractivity contribution is 7.92. The van der Waals surface area contributed by atoms with E-state index < -0.39 is 10.0 Å². The fourth-order valence-corrected chi connectivity index (χ4v) is 5.72. The van der Waals surface area contributed by atoms with Crippen LogP contribution in [-0.2, 0) is 29.4 Å². The summed E-state index contributed by atoms with van der Waals surface area (Å²) in [5.74, 6) is 0.554. The molecule has 7 heteroatoms. The number of amides is 1. The Hall–Kier alpha value is -3.32. The van der Waals surface area contributed by atoms with Gasteiger partial charge in [-0.15, -0.1) is 0 Å². The number of aryl methyl sites for hydroxylation is 2. The lowest BCUT2D eigenvalue weighted by Crippen LogP contribution is -2.29. The summed E-state index contributed by atoms with van der Waals surface area (Å²) in [7, 11) is -3.51. The molecule has 1 N–H and O–H groups in total. The molecule has 4 rings (SSSR count). The fraction of sp³-hybridized carbons (Fsp3) is 0.367. The summed E-state index contributed by atoms with van der Waals surface area (Å²) >= 11 is 0. The van der Waals surface area contributed by atoms with Gasteiger partial charge in [-0.3, -0.25) is 9.10 Å². The predicted molar refractivity (Wildman–Crippen MR) is 149 cm³/mol. The minimum absolute atomic E-state index is 0.0558. The Bertz CT molecular complexity index is 1320. The Labute approximate surface area is 220 Å². The van der Waals surface area contributed by atoms with Crippen LogP contribution in [0, 0.1) is 0 Å². The van der Waals surface area contributed by atoms with Crippen molar-refractivity contribution in [2.75, 3.05) is 17.2 Å². The van der Waals surface area contributed by atoms with E-state index in [-0.39, 0.29) is 18.5 Å². The second-order valence-corrected chi connectivity index (χ2v) is 11.5. The molecule has 37 heavy (non-hydrogen) atoms. The standard InChI is InChI=1S/C30H36N2O4S/c1-4-29(26-15-14-23-8-6-7-9-25(23)20-26)31-30(33)24-12-10-22(11-13-24)21-32(37(3,34)35)27-16-18-28(19-17-27)36-5-2/h10-20,29H,4-9,21H2,1-3H3,(H,31,33)/t29-/m1/s1. The lowest BCUT2D eigenvalue weighted by Gasteiger charge is -2.23. The number of rotatable bonds is 10. The summed E-state index contributed by atoms with van der Waals surface area (Å²) in [6.07, 6.45) is 6.71. The molecule has 6 nitrogen and oxygen atoms in total. The van der Waals surface area contributed by atoms with Crippen LogP contribution in [-0.4, -0.2) is 27.2 Å². The lowest BCUT2D eigenvalue weighted by atomic mass is 9.88. The van der Waals surface area contributed by atoms with E-state index in [1.165, 1.54) is 34.5 Å². The van der Waals surface area contributed by atoms with Crippen LogP contribution in [0.4, 0.5) is 5.69 Å². The first kappa shape index (κ1) is 26.7. The van der Waals surface area contributed by atoms with Gasteiger partial charge in [-0.2, -0.15) is 0 Å². The number of benzene rings is 3. The van der Waals surface area contributed by atoms with Crippen LogP contribution < -0.4 is 14.4 Å². The molecule has 1 atom stereocenters. The molecule has 3 aromatic rings. The summed E-state index contributed by atoms with van der Waals surface area (Å²) in [5.41, 5.74) is 5.88. The molecule has 1 aliphatic rings. The van der Waals surface area contributed by atoms with Crippen molar-refractivity contribution in [3.05, 3.63) is 94.5 Å². The molecule has 1 aliphatic carbocycles. The van der Waals surface area contributed by atoms with Gasteiger partial charge < -0.3 is 10.1 Å². The molecule has 0 radical (unpaired) electrons. The third-order valence-electron chi connectivity index (χ3n) is 6.87. The lowest BCUT2D eigenvalue weighted by molar-refractivity contribution is 0.0935.